The molecule has 1 aliphatic rings. The van der Waals surface area contributed by atoms with Gasteiger partial charge in [-0.3, -0.25) is 4.98 Å². The van der Waals surface area contributed by atoms with E-state index >= 15 is 0 Å². The molecular formula is C14H22N4O3S. The number of hydrogen-bond acceptors (Lipinski definition) is 4. The number of nitrogens with zero attached hydrogens (tertiary/aromatic N) is 2. The minimum atomic E-state index is -3.26. The van der Waals surface area contributed by atoms with Crippen molar-refractivity contribution in [1.29, 1.82) is 0 Å². The molecule has 2 amide bonds. The first-order chi connectivity index (χ1) is 10.3. The minimum absolute atomic E-state index is 0.196. The highest BCUT2D eigenvalue weighted by Gasteiger charge is 2.26. The number of piperidine rings is 1. The van der Waals surface area contributed by atoms with E-state index < -0.39 is 10.0 Å². The lowest BCUT2D eigenvalue weighted by atomic mass is 10.1. The number of sulfonamides is 1. The molecule has 2 N–H and O–H groups in total. The molecule has 2 heterocycles. The lowest BCUT2D eigenvalue weighted by Crippen LogP contribution is -2.52. The molecule has 0 aromatic carbocycles. The van der Waals surface area contributed by atoms with Crippen molar-refractivity contribution in [2.75, 3.05) is 19.3 Å². The zero-order chi connectivity index (χ0) is 16.2. The van der Waals surface area contributed by atoms with Gasteiger partial charge < -0.3 is 10.2 Å². The number of rotatable bonds is 4. The molecule has 7 nitrogen and oxygen atoms in total. The van der Waals surface area contributed by atoms with Gasteiger partial charge in [-0.2, -0.15) is 0 Å². The van der Waals surface area contributed by atoms with E-state index in [1.54, 1.807) is 11.1 Å². The Labute approximate surface area is 131 Å². The first-order valence-electron chi connectivity index (χ1n) is 7.29. The molecule has 0 unspecified atom stereocenters. The van der Waals surface area contributed by atoms with Crippen molar-refractivity contribution in [2.45, 2.75) is 31.8 Å². The molecule has 0 bridgehead atoms. The maximum atomic E-state index is 12.3. The van der Waals surface area contributed by atoms with Gasteiger partial charge in [0, 0.05) is 25.3 Å². The van der Waals surface area contributed by atoms with Gasteiger partial charge in [-0.05, 0) is 31.9 Å². The molecule has 2 atom stereocenters. The third-order valence-electron chi connectivity index (χ3n) is 3.56. The molecule has 1 saturated heterocycles. The highest BCUT2D eigenvalue weighted by Crippen LogP contribution is 2.13. The summed E-state index contributed by atoms with van der Waals surface area (Å²) in [7, 11) is -3.26. The average Bonchev–Trinajstić information content (AvgIpc) is 2.46. The van der Waals surface area contributed by atoms with Crippen LogP contribution in [0.3, 0.4) is 0 Å². The van der Waals surface area contributed by atoms with E-state index in [9.17, 15) is 13.2 Å². The molecule has 122 valence electrons. The standard InChI is InChI=1S/C14H22N4O3S/c1-11(13-7-3-4-8-15-13)16-14(19)18-9-5-6-12(10-18)17-22(2,20)21/h3-4,7-8,11-12,17H,5-6,9-10H2,1-2H3,(H,16,19)/t11-,12-/m0/s1. The number of amides is 2. The molecule has 0 aliphatic carbocycles. The van der Waals surface area contributed by atoms with E-state index in [4.69, 9.17) is 0 Å². The number of aromatic nitrogens is 1. The first kappa shape index (κ1) is 16.7. The van der Waals surface area contributed by atoms with Crippen molar-refractivity contribution in [3.63, 3.8) is 0 Å². The summed E-state index contributed by atoms with van der Waals surface area (Å²) in [6.07, 6.45) is 4.34. The SMILES string of the molecule is C[C@H](NC(=O)N1CCC[C@H](NS(C)(=O)=O)C1)c1ccccn1. The van der Waals surface area contributed by atoms with E-state index in [0.29, 0.717) is 13.1 Å². The number of carbonyl (C=O) groups is 1. The van der Waals surface area contributed by atoms with E-state index in [-0.39, 0.29) is 18.1 Å². The van der Waals surface area contributed by atoms with Gasteiger partial charge in [-0.15, -0.1) is 0 Å². The van der Waals surface area contributed by atoms with Gasteiger partial charge in [0.15, 0.2) is 0 Å². The molecule has 1 aromatic heterocycles. The van der Waals surface area contributed by atoms with Crippen LogP contribution in [0.15, 0.2) is 24.4 Å². The highest BCUT2D eigenvalue weighted by atomic mass is 32.2. The Bertz CT molecular complexity index is 606. The first-order valence-corrected chi connectivity index (χ1v) is 9.18. The fourth-order valence-corrected chi connectivity index (χ4v) is 3.34. The highest BCUT2D eigenvalue weighted by molar-refractivity contribution is 7.88. The normalized spacial score (nSPS) is 20.5. The Morgan fingerprint density at radius 3 is 2.86 bits per heavy atom. The number of nitrogens with one attached hydrogen (secondary N) is 2. The quantitative estimate of drug-likeness (QED) is 0.859. The number of pyridine rings is 1. The summed E-state index contributed by atoms with van der Waals surface area (Å²) >= 11 is 0. The smallest absolute Gasteiger partial charge is 0.317 e. The summed E-state index contributed by atoms with van der Waals surface area (Å²) in [5, 5.41) is 2.90. The van der Waals surface area contributed by atoms with Crippen LogP contribution in [-0.4, -0.2) is 49.7 Å². The van der Waals surface area contributed by atoms with Crippen LogP contribution in [0.25, 0.3) is 0 Å². The number of carbonyl (C=O) groups excluding carboxylic acids is 1. The fourth-order valence-electron chi connectivity index (χ4n) is 2.54. The topological polar surface area (TPSA) is 91.4 Å². The molecule has 2 rings (SSSR count). The lowest BCUT2D eigenvalue weighted by molar-refractivity contribution is 0.174. The van der Waals surface area contributed by atoms with E-state index in [1.807, 2.05) is 25.1 Å². The molecule has 8 heteroatoms. The zero-order valence-electron chi connectivity index (χ0n) is 12.8. The second-order valence-electron chi connectivity index (χ2n) is 5.60. The summed E-state index contributed by atoms with van der Waals surface area (Å²) in [5.74, 6) is 0. The van der Waals surface area contributed by atoms with Crippen LogP contribution >= 0.6 is 0 Å². The molecule has 22 heavy (non-hydrogen) atoms. The Hall–Kier alpha value is -1.67. The van der Waals surface area contributed by atoms with E-state index in [2.05, 4.69) is 15.0 Å². The van der Waals surface area contributed by atoms with Gasteiger partial charge in [0.2, 0.25) is 10.0 Å². The molecule has 1 aromatic rings. The molecular weight excluding hydrogens is 304 g/mol. The predicted molar refractivity (Wildman–Crippen MR) is 83.8 cm³/mol. The maximum absolute atomic E-state index is 12.3. The van der Waals surface area contributed by atoms with Gasteiger partial charge in [-0.25, -0.2) is 17.9 Å². The average molecular weight is 326 g/mol. The van der Waals surface area contributed by atoms with Gasteiger partial charge in [-0.1, -0.05) is 6.07 Å². The van der Waals surface area contributed by atoms with Crippen molar-refractivity contribution >= 4 is 16.1 Å². The molecule has 1 aliphatic heterocycles. The molecule has 0 saturated carbocycles. The summed E-state index contributed by atoms with van der Waals surface area (Å²) in [4.78, 5) is 18.2. The second kappa shape index (κ2) is 7.06. The van der Waals surface area contributed by atoms with E-state index in [1.165, 1.54) is 0 Å². The Kier molecular flexibility index (Phi) is 5.36. The molecule has 0 radical (unpaired) electrons. The van der Waals surface area contributed by atoms with Gasteiger partial charge >= 0.3 is 6.03 Å². The monoisotopic (exact) mass is 326 g/mol. The Morgan fingerprint density at radius 2 is 2.23 bits per heavy atom. The van der Waals surface area contributed by atoms with Crippen molar-refractivity contribution in [3.8, 4) is 0 Å². The Balaban J connectivity index is 1.92. The number of hydrogen-bond donors (Lipinski definition) is 2. The third-order valence-corrected chi connectivity index (χ3v) is 4.32. The van der Waals surface area contributed by atoms with Crippen molar-refractivity contribution < 1.29 is 13.2 Å². The zero-order valence-corrected chi connectivity index (χ0v) is 13.6. The lowest BCUT2D eigenvalue weighted by Gasteiger charge is -2.33. The molecule has 1 fully saturated rings. The number of urea groups is 1. The van der Waals surface area contributed by atoms with Gasteiger partial charge in [0.25, 0.3) is 0 Å². The van der Waals surface area contributed by atoms with Crippen LogP contribution in [0, 0.1) is 0 Å². The van der Waals surface area contributed by atoms with Crippen LogP contribution < -0.4 is 10.0 Å². The predicted octanol–water partition coefficient (Wildman–Crippen LogP) is 0.866. The van der Waals surface area contributed by atoms with Crippen LogP contribution in [0.5, 0.6) is 0 Å². The van der Waals surface area contributed by atoms with Gasteiger partial charge in [0.1, 0.15) is 0 Å². The summed E-state index contributed by atoms with van der Waals surface area (Å²) in [6.45, 7) is 2.88. The van der Waals surface area contributed by atoms with Crippen molar-refractivity contribution in [2.24, 2.45) is 0 Å². The summed E-state index contributed by atoms with van der Waals surface area (Å²) in [5.41, 5.74) is 0.790. The van der Waals surface area contributed by atoms with Crippen molar-refractivity contribution in [3.05, 3.63) is 30.1 Å². The van der Waals surface area contributed by atoms with Crippen molar-refractivity contribution in [1.82, 2.24) is 19.9 Å². The Morgan fingerprint density at radius 1 is 1.45 bits per heavy atom. The summed E-state index contributed by atoms with van der Waals surface area (Å²) < 4.78 is 25.2. The third kappa shape index (κ3) is 4.96. The fraction of sp³-hybridized carbons (Fsp3) is 0.571. The van der Waals surface area contributed by atoms with Gasteiger partial charge in [0.05, 0.1) is 18.0 Å². The maximum Gasteiger partial charge on any atom is 0.317 e. The molecule has 0 spiro atoms. The largest absolute Gasteiger partial charge is 0.330 e. The number of likely N-dealkylation sites (tertiary alicyclic amines) is 1. The van der Waals surface area contributed by atoms with Crippen LogP contribution in [-0.2, 0) is 10.0 Å². The van der Waals surface area contributed by atoms with E-state index in [0.717, 1.165) is 24.8 Å². The van der Waals surface area contributed by atoms with Crippen LogP contribution in [0.4, 0.5) is 4.79 Å². The van der Waals surface area contributed by atoms with Crippen LogP contribution in [0.2, 0.25) is 0 Å². The summed E-state index contributed by atoms with van der Waals surface area (Å²) in [6, 6.07) is 4.94. The second-order valence-corrected chi connectivity index (χ2v) is 7.38. The van der Waals surface area contributed by atoms with Crippen LogP contribution in [0.1, 0.15) is 31.5 Å². The minimum Gasteiger partial charge on any atom is -0.330 e.